The van der Waals surface area contributed by atoms with Gasteiger partial charge in [0.1, 0.15) is 5.75 Å². The molecule has 0 aliphatic carbocycles. The van der Waals surface area contributed by atoms with Crippen molar-refractivity contribution in [1.82, 2.24) is 9.88 Å². The maximum atomic E-state index is 14.3. The summed E-state index contributed by atoms with van der Waals surface area (Å²) in [6.45, 7) is 14.2. The Labute approximate surface area is 206 Å². The second-order valence-electron chi connectivity index (χ2n) is 8.50. The van der Waals surface area contributed by atoms with Crippen LogP contribution in [0.5, 0.6) is 5.75 Å². The second kappa shape index (κ2) is 10.5. The fourth-order valence-electron chi connectivity index (χ4n) is 4.43. The zero-order valence-corrected chi connectivity index (χ0v) is 21.5. The monoisotopic (exact) mass is 475 g/mol. The minimum atomic E-state index is -0.0687. The molecule has 4 aromatic rings. The van der Waals surface area contributed by atoms with Gasteiger partial charge >= 0.3 is 0 Å². The molecule has 1 amide bonds. The lowest BCUT2D eigenvalue weighted by Gasteiger charge is -2.26. The molecule has 0 aliphatic heterocycles. The highest BCUT2D eigenvalue weighted by molar-refractivity contribution is 7.22. The van der Waals surface area contributed by atoms with Gasteiger partial charge in [-0.1, -0.05) is 61.6 Å². The average molecular weight is 476 g/mol. The third kappa shape index (κ3) is 4.79. The van der Waals surface area contributed by atoms with Crippen LogP contribution < -0.4 is 9.64 Å². The summed E-state index contributed by atoms with van der Waals surface area (Å²) in [6, 6.07) is 16.2. The van der Waals surface area contributed by atoms with Crippen molar-refractivity contribution in [3.05, 3.63) is 65.2 Å². The number of nitrogens with zero attached hydrogens (tertiary/aromatic N) is 3. The van der Waals surface area contributed by atoms with Gasteiger partial charge in [0, 0.05) is 13.1 Å². The Balaban J connectivity index is 1.85. The topological polar surface area (TPSA) is 45.7 Å². The normalized spacial score (nSPS) is 11.5. The number of aromatic nitrogens is 1. The number of aryl methyl sites for hydroxylation is 2. The zero-order chi connectivity index (χ0) is 24.2. The number of rotatable bonds is 9. The Hall–Kier alpha value is -2.96. The van der Waals surface area contributed by atoms with E-state index in [0.29, 0.717) is 24.5 Å². The maximum absolute atomic E-state index is 14.3. The molecule has 0 unspecified atom stereocenters. The van der Waals surface area contributed by atoms with Crippen LogP contribution in [0.25, 0.3) is 21.0 Å². The number of thiazole rings is 1. The van der Waals surface area contributed by atoms with Crippen LogP contribution in [0.3, 0.4) is 0 Å². The number of fused-ring (bicyclic) bond motifs is 2. The summed E-state index contributed by atoms with van der Waals surface area (Å²) in [7, 11) is 0. The van der Waals surface area contributed by atoms with Gasteiger partial charge < -0.3 is 9.64 Å². The summed E-state index contributed by atoms with van der Waals surface area (Å²) in [6.07, 6.45) is 0. The van der Waals surface area contributed by atoms with Crippen molar-refractivity contribution in [3.8, 4) is 5.75 Å². The molecule has 0 aliphatic rings. The summed E-state index contributed by atoms with van der Waals surface area (Å²) in [4.78, 5) is 23.4. The molecular formula is C28H33N3O2S. The van der Waals surface area contributed by atoms with Crippen LogP contribution in [-0.4, -0.2) is 48.6 Å². The quantitative estimate of drug-likeness (QED) is 0.279. The van der Waals surface area contributed by atoms with Crippen molar-refractivity contribution < 1.29 is 9.53 Å². The molecule has 0 saturated carbocycles. The van der Waals surface area contributed by atoms with E-state index in [1.807, 2.05) is 48.2 Å². The zero-order valence-electron chi connectivity index (χ0n) is 20.7. The van der Waals surface area contributed by atoms with Gasteiger partial charge in [0.25, 0.3) is 5.91 Å². The highest BCUT2D eigenvalue weighted by Crippen LogP contribution is 2.35. The highest BCUT2D eigenvalue weighted by Gasteiger charge is 2.26. The smallest absolute Gasteiger partial charge is 0.264 e. The molecule has 4 rings (SSSR count). The summed E-state index contributed by atoms with van der Waals surface area (Å²) >= 11 is 1.59. The van der Waals surface area contributed by atoms with Gasteiger partial charge in [-0.05, 0) is 67.9 Å². The molecule has 3 aromatic carbocycles. The van der Waals surface area contributed by atoms with Crippen LogP contribution in [0.2, 0.25) is 0 Å². The number of amides is 1. The Morgan fingerprint density at radius 1 is 1.00 bits per heavy atom. The van der Waals surface area contributed by atoms with E-state index in [9.17, 15) is 4.79 Å². The minimum Gasteiger partial charge on any atom is -0.493 e. The SMILES string of the molecule is CCOc1ccc2ccccc2c1C(=O)N(CCN(CC)CC)c1nc2cc(C)cc(C)c2s1. The van der Waals surface area contributed by atoms with Crippen molar-refractivity contribution in [3.63, 3.8) is 0 Å². The summed E-state index contributed by atoms with van der Waals surface area (Å²) in [5, 5.41) is 2.66. The van der Waals surface area contributed by atoms with E-state index in [4.69, 9.17) is 9.72 Å². The first kappa shape index (κ1) is 24.2. The fraction of sp³-hybridized carbons (Fsp3) is 0.357. The van der Waals surface area contributed by atoms with Crippen LogP contribution >= 0.6 is 11.3 Å². The highest BCUT2D eigenvalue weighted by atomic mass is 32.1. The van der Waals surface area contributed by atoms with Crippen molar-refractivity contribution in [1.29, 1.82) is 0 Å². The van der Waals surface area contributed by atoms with Gasteiger partial charge in [0.15, 0.2) is 5.13 Å². The number of ether oxygens (including phenoxy) is 1. The Bertz CT molecular complexity index is 1310. The lowest BCUT2D eigenvalue weighted by molar-refractivity contribution is 0.0982. The van der Waals surface area contributed by atoms with Crippen molar-refractivity contribution in [2.24, 2.45) is 0 Å². The number of hydrogen-bond donors (Lipinski definition) is 0. The standard InChI is InChI=1S/C28H33N3O2S/c1-6-30(7-2)15-16-31(28-29-23-18-19(4)17-20(5)26(23)34-28)27(32)25-22-12-10-9-11-21(22)13-14-24(25)33-8-3/h9-14,17-18H,6-8,15-16H2,1-5H3. The second-order valence-corrected chi connectivity index (χ2v) is 9.48. The predicted molar refractivity (Wildman–Crippen MR) is 144 cm³/mol. The van der Waals surface area contributed by atoms with Crippen LogP contribution in [0.4, 0.5) is 5.13 Å². The lowest BCUT2D eigenvalue weighted by atomic mass is 10.0. The molecule has 6 heteroatoms. The number of carbonyl (C=O) groups is 1. The molecule has 5 nitrogen and oxygen atoms in total. The van der Waals surface area contributed by atoms with Crippen LogP contribution in [0.15, 0.2) is 48.5 Å². The Morgan fingerprint density at radius 3 is 2.50 bits per heavy atom. The minimum absolute atomic E-state index is 0.0687. The summed E-state index contributed by atoms with van der Waals surface area (Å²) in [5.74, 6) is 0.549. The predicted octanol–water partition coefficient (Wildman–Crippen LogP) is 6.45. The summed E-state index contributed by atoms with van der Waals surface area (Å²) < 4.78 is 7.07. The molecule has 0 N–H and O–H groups in total. The fourth-order valence-corrected chi connectivity index (χ4v) is 5.47. The molecular weight excluding hydrogens is 442 g/mol. The van der Waals surface area contributed by atoms with E-state index in [1.54, 1.807) is 11.3 Å². The van der Waals surface area contributed by atoms with Crippen LogP contribution in [-0.2, 0) is 0 Å². The number of anilines is 1. The molecule has 0 saturated heterocycles. The molecule has 1 heterocycles. The van der Waals surface area contributed by atoms with Gasteiger partial charge in [-0.3, -0.25) is 9.69 Å². The van der Waals surface area contributed by atoms with E-state index < -0.39 is 0 Å². The molecule has 0 fully saturated rings. The average Bonchev–Trinajstić information content (AvgIpc) is 3.25. The molecule has 34 heavy (non-hydrogen) atoms. The summed E-state index contributed by atoms with van der Waals surface area (Å²) in [5.41, 5.74) is 3.92. The maximum Gasteiger partial charge on any atom is 0.264 e. The Morgan fingerprint density at radius 2 is 1.76 bits per heavy atom. The number of likely N-dealkylation sites (N-methyl/N-ethyl adjacent to an activating group) is 1. The van der Waals surface area contributed by atoms with E-state index in [0.717, 1.165) is 45.8 Å². The molecule has 0 atom stereocenters. The van der Waals surface area contributed by atoms with Crippen molar-refractivity contribution in [2.45, 2.75) is 34.6 Å². The molecule has 0 spiro atoms. The van der Waals surface area contributed by atoms with Gasteiger partial charge in [-0.15, -0.1) is 0 Å². The first-order valence-electron chi connectivity index (χ1n) is 12.0. The van der Waals surface area contributed by atoms with Crippen molar-refractivity contribution >= 4 is 43.4 Å². The number of carbonyl (C=O) groups excluding carboxylic acids is 1. The van der Waals surface area contributed by atoms with E-state index in [-0.39, 0.29) is 5.91 Å². The van der Waals surface area contributed by atoms with Gasteiger partial charge in [0.2, 0.25) is 0 Å². The molecule has 1 aromatic heterocycles. The van der Waals surface area contributed by atoms with E-state index in [2.05, 4.69) is 44.7 Å². The number of benzene rings is 3. The first-order valence-corrected chi connectivity index (χ1v) is 12.8. The van der Waals surface area contributed by atoms with Gasteiger partial charge in [0.05, 0.1) is 22.4 Å². The van der Waals surface area contributed by atoms with E-state index in [1.165, 1.54) is 11.1 Å². The van der Waals surface area contributed by atoms with Crippen LogP contribution in [0.1, 0.15) is 42.3 Å². The van der Waals surface area contributed by atoms with Crippen LogP contribution in [0, 0.1) is 13.8 Å². The molecule has 0 radical (unpaired) electrons. The molecule has 178 valence electrons. The van der Waals surface area contributed by atoms with Gasteiger partial charge in [-0.25, -0.2) is 4.98 Å². The third-order valence-corrected chi connectivity index (χ3v) is 7.45. The largest absolute Gasteiger partial charge is 0.493 e. The Kier molecular flexibility index (Phi) is 7.49. The molecule has 0 bridgehead atoms. The lowest BCUT2D eigenvalue weighted by Crippen LogP contribution is -2.39. The van der Waals surface area contributed by atoms with Crippen molar-refractivity contribution in [2.75, 3.05) is 37.7 Å². The van der Waals surface area contributed by atoms with E-state index >= 15 is 0 Å². The number of hydrogen-bond acceptors (Lipinski definition) is 5. The first-order chi connectivity index (χ1) is 16.5. The van der Waals surface area contributed by atoms with Gasteiger partial charge in [-0.2, -0.15) is 0 Å². The third-order valence-electron chi connectivity index (χ3n) is 6.22.